The van der Waals surface area contributed by atoms with E-state index in [2.05, 4.69) is 37.8 Å². The van der Waals surface area contributed by atoms with Gasteiger partial charge in [-0.05, 0) is 82.1 Å². The van der Waals surface area contributed by atoms with Crippen molar-refractivity contribution in [1.29, 1.82) is 0 Å². The Labute approximate surface area is 222 Å². The number of fused-ring (bicyclic) bond motifs is 4. The van der Waals surface area contributed by atoms with Gasteiger partial charge in [0.25, 0.3) is 0 Å². The molecule has 1 saturated carbocycles. The number of carbonyl (C=O) groups is 1. The molecule has 0 spiro atoms. The minimum atomic E-state index is -0.512. The molecule has 0 atom stereocenters. The molecule has 2 aliphatic rings. The van der Waals surface area contributed by atoms with Crippen LogP contribution in [0.1, 0.15) is 70.5 Å². The molecule has 0 aromatic carbocycles. The van der Waals surface area contributed by atoms with Gasteiger partial charge >= 0.3 is 6.09 Å². The maximum Gasteiger partial charge on any atom is 0.410 e. The van der Waals surface area contributed by atoms with Crippen molar-refractivity contribution in [1.82, 2.24) is 29.4 Å². The number of hydrogen-bond acceptors (Lipinski definition) is 7. The lowest BCUT2D eigenvalue weighted by molar-refractivity contribution is 0.0224. The van der Waals surface area contributed by atoms with E-state index in [1.165, 1.54) is 18.4 Å². The van der Waals surface area contributed by atoms with E-state index in [0.29, 0.717) is 30.9 Å². The molecule has 4 aromatic heterocycles. The van der Waals surface area contributed by atoms with Crippen molar-refractivity contribution >= 4 is 39.8 Å². The maximum atomic E-state index is 12.5. The minimum absolute atomic E-state index is 0.287. The standard InChI is InChI=1S/C29H35N7O2/c1-18-5-7-21(8-6-18)36-24-16-30-11-9-22(24)23-15-32-27(34-26(23)36)33-25-13-19-10-12-35(17-20(19)14-31-25)28(37)38-29(2,3)4/h9,11,13-16,18,21H,5-8,10,12,17H2,1-4H3,(H,31,32,33,34)/t18-,21-. The Morgan fingerprint density at radius 2 is 1.87 bits per heavy atom. The highest BCUT2D eigenvalue weighted by molar-refractivity contribution is 6.06. The average Bonchev–Trinajstić information content (AvgIpc) is 3.21. The minimum Gasteiger partial charge on any atom is -0.444 e. The van der Waals surface area contributed by atoms with E-state index < -0.39 is 5.60 Å². The molecule has 0 bridgehead atoms. The largest absolute Gasteiger partial charge is 0.444 e. The maximum absolute atomic E-state index is 12.5. The molecule has 38 heavy (non-hydrogen) atoms. The van der Waals surface area contributed by atoms with Crippen molar-refractivity contribution in [2.45, 2.75) is 78.0 Å². The molecule has 1 N–H and O–H groups in total. The Balaban J connectivity index is 1.26. The zero-order valence-corrected chi connectivity index (χ0v) is 22.6. The van der Waals surface area contributed by atoms with E-state index in [9.17, 15) is 4.79 Å². The van der Waals surface area contributed by atoms with Crippen molar-refractivity contribution in [2.75, 3.05) is 11.9 Å². The predicted octanol–water partition coefficient (Wildman–Crippen LogP) is 6.16. The number of nitrogens with one attached hydrogen (secondary N) is 1. The Morgan fingerprint density at radius 1 is 1.05 bits per heavy atom. The van der Waals surface area contributed by atoms with E-state index in [1.54, 1.807) is 4.90 Å². The van der Waals surface area contributed by atoms with Gasteiger partial charge in [0.1, 0.15) is 17.1 Å². The molecule has 0 radical (unpaired) electrons. The van der Waals surface area contributed by atoms with Crippen LogP contribution < -0.4 is 5.32 Å². The highest BCUT2D eigenvalue weighted by atomic mass is 16.6. The summed E-state index contributed by atoms with van der Waals surface area (Å²) in [5.74, 6) is 2.00. The van der Waals surface area contributed by atoms with Gasteiger partial charge in [0, 0.05) is 41.9 Å². The van der Waals surface area contributed by atoms with Gasteiger partial charge in [-0.1, -0.05) is 6.92 Å². The second-order valence-electron chi connectivity index (χ2n) is 11.7. The molecule has 4 aromatic rings. The first-order valence-electron chi connectivity index (χ1n) is 13.6. The van der Waals surface area contributed by atoms with E-state index in [4.69, 9.17) is 9.72 Å². The van der Waals surface area contributed by atoms with E-state index in [-0.39, 0.29) is 6.09 Å². The Morgan fingerprint density at radius 3 is 2.66 bits per heavy atom. The summed E-state index contributed by atoms with van der Waals surface area (Å²) in [7, 11) is 0. The number of rotatable bonds is 3. The van der Waals surface area contributed by atoms with Crippen LogP contribution in [0.25, 0.3) is 21.9 Å². The van der Waals surface area contributed by atoms with Crippen molar-refractivity contribution in [3.63, 3.8) is 0 Å². The third-order valence-corrected chi connectivity index (χ3v) is 7.68. The summed E-state index contributed by atoms with van der Waals surface area (Å²) in [4.78, 5) is 32.9. The second-order valence-corrected chi connectivity index (χ2v) is 11.7. The van der Waals surface area contributed by atoms with Gasteiger partial charge in [-0.25, -0.2) is 14.8 Å². The molecule has 0 unspecified atom stereocenters. The summed E-state index contributed by atoms with van der Waals surface area (Å²) in [5.41, 5.74) is 3.75. The van der Waals surface area contributed by atoms with Gasteiger partial charge in [0.2, 0.25) is 5.95 Å². The topological polar surface area (TPSA) is 98.1 Å². The van der Waals surface area contributed by atoms with Crippen LogP contribution in [0, 0.1) is 5.92 Å². The molecular weight excluding hydrogens is 478 g/mol. The number of pyridine rings is 2. The lowest BCUT2D eigenvalue weighted by atomic mass is 9.87. The number of carbonyl (C=O) groups excluding carboxylic acids is 1. The normalized spacial score (nSPS) is 19.9. The zero-order chi connectivity index (χ0) is 26.4. The predicted molar refractivity (Wildman–Crippen MR) is 147 cm³/mol. The van der Waals surface area contributed by atoms with Gasteiger partial charge in [-0.15, -0.1) is 0 Å². The molecule has 6 rings (SSSR count). The first-order valence-corrected chi connectivity index (χ1v) is 13.6. The van der Waals surface area contributed by atoms with E-state index in [1.807, 2.05) is 51.6 Å². The molecule has 1 fully saturated rings. The van der Waals surface area contributed by atoms with Crippen molar-refractivity contribution in [3.05, 3.63) is 48.0 Å². The Bertz CT molecular complexity index is 1500. The third-order valence-electron chi connectivity index (χ3n) is 7.68. The lowest BCUT2D eigenvalue weighted by Crippen LogP contribution is -2.39. The van der Waals surface area contributed by atoms with E-state index >= 15 is 0 Å². The fourth-order valence-corrected chi connectivity index (χ4v) is 5.70. The van der Waals surface area contributed by atoms with Crippen LogP contribution in [0.4, 0.5) is 16.6 Å². The molecule has 198 valence electrons. The molecule has 1 aliphatic heterocycles. The number of anilines is 2. The molecular formula is C29H35N7O2. The summed E-state index contributed by atoms with van der Waals surface area (Å²) in [6.45, 7) is 9.10. The number of nitrogens with zero attached hydrogens (tertiary/aromatic N) is 6. The van der Waals surface area contributed by atoms with Crippen molar-refractivity contribution in [2.24, 2.45) is 5.92 Å². The summed E-state index contributed by atoms with van der Waals surface area (Å²) >= 11 is 0. The van der Waals surface area contributed by atoms with Crippen LogP contribution in [0.3, 0.4) is 0 Å². The van der Waals surface area contributed by atoms with Gasteiger partial charge in [-0.3, -0.25) is 4.98 Å². The summed E-state index contributed by atoms with van der Waals surface area (Å²) in [5, 5.41) is 5.51. The van der Waals surface area contributed by atoms with Crippen LogP contribution in [-0.4, -0.2) is 47.6 Å². The van der Waals surface area contributed by atoms with Crippen LogP contribution in [-0.2, 0) is 17.7 Å². The SMILES string of the molecule is CC(C)(C)OC(=O)N1CCc2cc(Nc3ncc4c5ccncc5n([C@H]5CC[C@H](C)CC5)c4n3)ncc2C1. The zero-order valence-electron chi connectivity index (χ0n) is 22.6. The third kappa shape index (κ3) is 4.77. The Kier molecular flexibility index (Phi) is 6.16. The van der Waals surface area contributed by atoms with Crippen molar-refractivity contribution < 1.29 is 9.53 Å². The first-order chi connectivity index (χ1) is 18.2. The van der Waals surface area contributed by atoms with Gasteiger partial charge < -0.3 is 19.5 Å². The quantitative estimate of drug-likeness (QED) is 0.350. The van der Waals surface area contributed by atoms with Crippen molar-refractivity contribution in [3.8, 4) is 0 Å². The molecule has 0 saturated heterocycles. The number of aromatic nitrogens is 5. The number of ether oxygens (including phenoxy) is 1. The fraction of sp³-hybridized carbons (Fsp3) is 0.483. The lowest BCUT2D eigenvalue weighted by Gasteiger charge is -2.31. The van der Waals surface area contributed by atoms with Crippen LogP contribution >= 0.6 is 0 Å². The highest BCUT2D eigenvalue weighted by Gasteiger charge is 2.27. The molecule has 9 heteroatoms. The number of hydrogen-bond donors (Lipinski definition) is 1. The summed E-state index contributed by atoms with van der Waals surface area (Å²) in [6, 6.07) is 4.51. The van der Waals surface area contributed by atoms with Crippen LogP contribution in [0.5, 0.6) is 0 Å². The van der Waals surface area contributed by atoms with Crippen LogP contribution in [0.2, 0.25) is 0 Å². The monoisotopic (exact) mass is 513 g/mol. The molecule has 5 heterocycles. The number of amides is 1. The molecule has 1 aliphatic carbocycles. The molecule has 1 amide bonds. The average molecular weight is 514 g/mol. The summed E-state index contributed by atoms with van der Waals surface area (Å²) in [6.07, 6.45) is 12.7. The van der Waals surface area contributed by atoms with Gasteiger partial charge in [0.15, 0.2) is 0 Å². The highest BCUT2D eigenvalue weighted by Crippen LogP contribution is 2.38. The van der Waals surface area contributed by atoms with Gasteiger partial charge in [0.05, 0.1) is 18.3 Å². The van der Waals surface area contributed by atoms with E-state index in [0.717, 1.165) is 52.7 Å². The smallest absolute Gasteiger partial charge is 0.410 e. The second kappa shape index (κ2) is 9.53. The first kappa shape index (κ1) is 24.6. The Hall–Kier alpha value is -3.75. The van der Waals surface area contributed by atoms with Gasteiger partial charge in [-0.2, -0.15) is 4.98 Å². The molecule has 9 nitrogen and oxygen atoms in total. The summed E-state index contributed by atoms with van der Waals surface area (Å²) < 4.78 is 7.92. The van der Waals surface area contributed by atoms with Crippen LogP contribution in [0.15, 0.2) is 36.9 Å². The fourth-order valence-electron chi connectivity index (χ4n) is 5.70.